The number of nitrogens with one attached hydrogen (secondary N) is 4. The summed E-state index contributed by atoms with van der Waals surface area (Å²) in [5.41, 5.74) is 10.3. The maximum atomic E-state index is 5.14. The first-order valence-corrected chi connectivity index (χ1v) is 29.0. The highest BCUT2D eigenvalue weighted by Gasteiger charge is 1.86. The van der Waals surface area contributed by atoms with Gasteiger partial charge in [-0.15, -0.1) is 0 Å². The van der Waals surface area contributed by atoms with Crippen LogP contribution >= 0.6 is 0 Å². The third-order valence-corrected chi connectivity index (χ3v) is 8.89. The third kappa shape index (κ3) is 194. The van der Waals surface area contributed by atoms with Crippen molar-refractivity contribution < 1.29 is 0 Å². The lowest BCUT2D eigenvalue weighted by molar-refractivity contribution is 0.611. The molecule has 0 atom stereocenters. The van der Waals surface area contributed by atoms with Crippen LogP contribution in [0.5, 0.6) is 0 Å². The van der Waals surface area contributed by atoms with Crippen molar-refractivity contribution in [1.29, 1.82) is 0 Å². The second-order valence-electron chi connectivity index (χ2n) is 16.2. The van der Waals surface area contributed by atoms with Gasteiger partial charge in [-0.1, -0.05) is 247 Å². The molecule has 0 aromatic carbocycles. The van der Waals surface area contributed by atoms with Crippen LogP contribution in [0.4, 0.5) is 0 Å². The predicted octanol–water partition coefficient (Wildman–Crippen LogP) is 17.8. The molecule has 0 amide bonds. The van der Waals surface area contributed by atoms with Crippen LogP contribution in [-0.2, 0) is 0 Å². The normalized spacial score (nSPS) is 9.14. The summed E-state index contributed by atoms with van der Waals surface area (Å²) in [5.74, 6) is 0. The zero-order valence-corrected chi connectivity index (χ0v) is 48.7. The van der Waals surface area contributed by atoms with Crippen LogP contribution in [-0.4, -0.2) is 65.4 Å². The average Bonchev–Trinajstić information content (AvgIpc) is 3.30. The topological polar surface area (TPSA) is 100 Å². The smallest absolute Gasteiger partial charge is 0.00490 e. The van der Waals surface area contributed by atoms with E-state index in [0.29, 0.717) is 0 Å². The summed E-state index contributed by atoms with van der Waals surface area (Å²) in [5, 5.41) is 13.5. The van der Waals surface area contributed by atoms with Gasteiger partial charge in [0.05, 0.1) is 0 Å². The molecule has 0 rings (SSSR count). The Morgan fingerprint density at radius 1 is 0.190 bits per heavy atom. The standard InChI is InChI=1S/4C8H19N.3C5H12.2C4H11N.C2H6/c4*1-3-5-7-9-8-6-4-2;3*1-3-5-4-2;2*1-2-3-4-5;1-2/h4*9H,3-8H2,1-2H3;3*3-5H2,1-2H3;2*2-5H2,1H3;1-2H3. The van der Waals surface area contributed by atoms with E-state index in [1.165, 1.54) is 239 Å². The van der Waals surface area contributed by atoms with E-state index in [9.17, 15) is 0 Å². The molecule has 0 saturated heterocycles. The molecule has 0 radical (unpaired) electrons. The lowest BCUT2D eigenvalue weighted by Crippen LogP contribution is -2.15. The van der Waals surface area contributed by atoms with E-state index in [1.807, 2.05) is 13.8 Å². The Bertz CT molecular complexity index is 370. The molecule has 0 aromatic rings. The second-order valence-corrected chi connectivity index (χ2v) is 16.2. The summed E-state index contributed by atoms with van der Waals surface area (Å²) in [4.78, 5) is 0. The largest absolute Gasteiger partial charge is 0.330 e. The number of nitrogens with two attached hydrogens (primary N) is 2. The summed E-state index contributed by atoms with van der Waals surface area (Å²) in [6, 6.07) is 0. The second kappa shape index (κ2) is 125. The number of unbranched alkanes of at least 4 members (excludes halogenated alkanes) is 16. The van der Waals surface area contributed by atoms with E-state index >= 15 is 0 Å². The molecule has 6 heteroatoms. The van der Waals surface area contributed by atoms with E-state index in [0.717, 1.165) is 13.1 Å². The maximum Gasteiger partial charge on any atom is -0.00490 e. The predicted molar refractivity (Wildman–Crippen MR) is 306 cm³/mol. The summed E-state index contributed by atoms with van der Waals surface area (Å²) in [7, 11) is 0. The fraction of sp³-hybridized carbons (Fsp3) is 1.00. The first-order chi connectivity index (χ1) is 30.7. The lowest BCUT2D eigenvalue weighted by Gasteiger charge is -1.99. The van der Waals surface area contributed by atoms with Gasteiger partial charge in [-0.2, -0.15) is 0 Å². The number of hydrogen-bond donors (Lipinski definition) is 6. The van der Waals surface area contributed by atoms with Gasteiger partial charge in [-0.05, 0) is 130 Å². The van der Waals surface area contributed by atoms with E-state index in [4.69, 9.17) is 11.5 Å². The minimum absolute atomic E-state index is 0.844. The van der Waals surface area contributed by atoms with E-state index in [2.05, 4.69) is 132 Å². The Kier molecular flexibility index (Phi) is 170. The molecule has 0 spiro atoms. The van der Waals surface area contributed by atoms with Crippen molar-refractivity contribution in [3.05, 3.63) is 0 Å². The molecular weight excluding hydrogens is 769 g/mol. The number of rotatable bonds is 34. The van der Waals surface area contributed by atoms with Crippen molar-refractivity contribution in [1.82, 2.24) is 21.3 Å². The van der Waals surface area contributed by atoms with Crippen LogP contribution in [0.25, 0.3) is 0 Å². The van der Waals surface area contributed by atoms with Crippen molar-refractivity contribution in [3.63, 3.8) is 0 Å². The van der Waals surface area contributed by atoms with Crippen LogP contribution in [0.3, 0.4) is 0 Å². The van der Waals surface area contributed by atoms with Crippen molar-refractivity contribution in [2.75, 3.05) is 65.4 Å². The van der Waals surface area contributed by atoms with E-state index in [1.54, 1.807) is 0 Å². The van der Waals surface area contributed by atoms with Crippen molar-refractivity contribution in [3.8, 4) is 0 Å². The van der Waals surface area contributed by atoms with Gasteiger partial charge in [-0.25, -0.2) is 0 Å². The molecule has 0 bridgehead atoms. The van der Waals surface area contributed by atoms with Gasteiger partial charge < -0.3 is 32.7 Å². The molecule has 0 aromatic heterocycles. The molecule has 6 nitrogen and oxygen atoms in total. The van der Waals surface area contributed by atoms with E-state index < -0.39 is 0 Å². The molecule has 8 N–H and O–H groups in total. The van der Waals surface area contributed by atoms with Gasteiger partial charge in [0.1, 0.15) is 0 Å². The van der Waals surface area contributed by atoms with Crippen LogP contribution in [0.1, 0.15) is 311 Å². The van der Waals surface area contributed by atoms with Gasteiger partial charge in [0.15, 0.2) is 0 Å². The van der Waals surface area contributed by atoms with Gasteiger partial charge in [0.2, 0.25) is 0 Å². The average molecular weight is 910 g/mol. The van der Waals surface area contributed by atoms with Crippen molar-refractivity contribution >= 4 is 0 Å². The Hall–Kier alpha value is -0.240. The van der Waals surface area contributed by atoms with Gasteiger partial charge >= 0.3 is 0 Å². The molecule has 63 heavy (non-hydrogen) atoms. The molecule has 0 saturated carbocycles. The zero-order valence-electron chi connectivity index (χ0n) is 48.7. The summed E-state index contributed by atoms with van der Waals surface area (Å²) in [6.45, 7) is 50.7. The first-order valence-electron chi connectivity index (χ1n) is 29.0. The highest BCUT2D eigenvalue weighted by Crippen LogP contribution is 1.91. The quantitative estimate of drug-likeness (QED) is 0.0360. The van der Waals surface area contributed by atoms with Gasteiger partial charge in [0, 0.05) is 0 Å². The SMILES string of the molecule is CC.CCCCC.CCCCC.CCCCC.CCCCN.CCCCN.CCCCNCCCC.CCCCNCCCC.CCCCNCCCC.CCCCNCCCC. The molecular formula is C57H140N6. The Morgan fingerprint density at radius 3 is 0.349 bits per heavy atom. The molecule has 0 aliphatic heterocycles. The van der Waals surface area contributed by atoms with Crippen molar-refractivity contribution in [2.24, 2.45) is 11.5 Å². The summed E-state index contributed by atoms with van der Waals surface area (Å²) >= 11 is 0. The lowest BCUT2D eigenvalue weighted by atomic mass is 10.3. The van der Waals surface area contributed by atoms with Crippen molar-refractivity contribution in [2.45, 2.75) is 311 Å². The molecule has 0 fully saturated rings. The molecule has 0 aliphatic carbocycles. The molecule has 0 unspecified atom stereocenters. The molecule has 0 aliphatic rings. The van der Waals surface area contributed by atoms with Crippen LogP contribution in [0.2, 0.25) is 0 Å². The fourth-order valence-corrected chi connectivity index (χ4v) is 4.38. The molecule has 398 valence electrons. The monoisotopic (exact) mass is 909 g/mol. The highest BCUT2D eigenvalue weighted by atomic mass is 14.9. The maximum absolute atomic E-state index is 5.14. The highest BCUT2D eigenvalue weighted by molar-refractivity contribution is 4.48. The van der Waals surface area contributed by atoms with Crippen LogP contribution in [0.15, 0.2) is 0 Å². The number of hydrogen-bond acceptors (Lipinski definition) is 6. The third-order valence-electron chi connectivity index (χ3n) is 8.89. The fourth-order valence-electron chi connectivity index (χ4n) is 4.38. The first kappa shape index (κ1) is 86.0. The minimum atomic E-state index is 0.844. The van der Waals surface area contributed by atoms with Gasteiger partial charge in [0.25, 0.3) is 0 Å². The summed E-state index contributed by atoms with van der Waals surface area (Å²) in [6.07, 6.45) is 38.0. The zero-order chi connectivity index (χ0) is 50.4. The van der Waals surface area contributed by atoms with Gasteiger partial charge in [-0.3, -0.25) is 0 Å². The van der Waals surface area contributed by atoms with E-state index in [-0.39, 0.29) is 0 Å². The summed E-state index contributed by atoms with van der Waals surface area (Å²) < 4.78 is 0. The van der Waals surface area contributed by atoms with Crippen LogP contribution in [0, 0.1) is 0 Å². The van der Waals surface area contributed by atoms with Crippen LogP contribution < -0.4 is 32.7 Å². The molecule has 0 heterocycles. The minimum Gasteiger partial charge on any atom is -0.330 e. The Morgan fingerprint density at radius 2 is 0.302 bits per heavy atom. The Balaban J connectivity index is -0.0000000632. The Labute approximate surface area is 407 Å².